The van der Waals surface area contributed by atoms with Crippen molar-refractivity contribution in [2.75, 3.05) is 24.7 Å². The highest BCUT2D eigenvalue weighted by molar-refractivity contribution is 5.98. The first-order valence-electron chi connectivity index (χ1n) is 10.3. The number of aromatic hydroxyl groups is 1. The molecule has 0 saturated carbocycles. The van der Waals surface area contributed by atoms with Crippen molar-refractivity contribution >= 4 is 23.0 Å². The molecule has 174 valence electrons. The van der Waals surface area contributed by atoms with Crippen molar-refractivity contribution in [1.29, 1.82) is 0 Å². The van der Waals surface area contributed by atoms with Crippen LogP contribution in [-0.4, -0.2) is 39.8 Å². The van der Waals surface area contributed by atoms with Crippen molar-refractivity contribution < 1.29 is 14.3 Å². The van der Waals surface area contributed by atoms with E-state index in [0.717, 1.165) is 4.68 Å². The fraction of sp³-hybridized carbons (Fsp3) is 0.261. The number of aryl methyl sites for hydroxylation is 1. The first kappa shape index (κ1) is 23.6. The molecule has 0 saturated heterocycles. The highest BCUT2D eigenvalue weighted by Crippen LogP contribution is 2.32. The molecule has 33 heavy (non-hydrogen) atoms. The molecule has 0 spiro atoms. The molecular weight excluding hydrogens is 429 g/mol. The van der Waals surface area contributed by atoms with E-state index in [2.05, 4.69) is 15.7 Å². The summed E-state index contributed by atoms with van der Waals surface area (Å²) in [6, 6.07) is 9.97. The van der Waals surface area contributed by atoms with E-state index in [4.69, 9.17) is 0 Å². The summed E-state index contributed by atoms with van der Waals surface area (Å²) in [4.78, 5) is 39.4. The van der Waals surface area contributed by atoms with Crippen molar-refractivity contribution in [2.24, 2.45) is 7.05 Å². The average Bonchev–Trinajstić information content (AvgIpc) is 2.77. The summed E-state index contributed by atoms with van der Waals surface area (Å²) in [6.07, 6.45) is 0.496. The molecular formula is C23H26FN5O4. The quantitative estimate of drug-likeness (QED) is 0.407. The van der Waals surface area contributed by atoms with Gasteiger partial charge < -0.3 is 20.6 Å². The monoisotopic (exact) mass is 455 g/mol. The number of H-pyrrole nitrogens is 1. The van der Waals surface area contributed by atoms with Gasteiger partial charge in [-0.3, -0.25) is 24.2 Å². The summed E-state index contributed by atoms with van der Waals surface area (Å²) in [5, 5.41) is 18.9. The molecule has 3 aromatic rings. The lowest BCUT2D eigenvalue weighted by Gasteiger charge is -2.21. The predicted molar refractivity (Wildman–Crippen MR) is 125 cm³/mol. The van der Waals surface area contributed by atoms with E-state index in [1.54, 1.807) is 32.3 Å². The maximum Gasteiger partial charge on any atom is 0.290 e. The van der Waals surface area contributed by atoms with E-state index >= 15 is 0 Å². The zero-order chi connectivity index (χ0) is 24.3. The van der Waals surface area contributed by atoms with Crippen LogP contribution in [0.5, 0.6) is 5.75 Å². The zero-order valence-corrected chi connectivity index (χ0v) is 18.8. The summed E-state index contributed by atoms with van der Waals surface area (Å²) in [7, 11) is 4.48. The van der Waals surface area contributed by atoms with Crippen molar-refractivity contribution in [1.82, 2.24) is 14.7 Å². The zero-order valence-electron chi connectivity index (χ0n) is 18.8. The number of carbonyl (C=O) groups is 1. The van der Waals surface area contributed by atoms with Gasteiger partial charge in [-0.05, 0) is 36.2 Å². The molecule has 0 aliphatic rings. The van der Waals surface area contributed by atoms with E-state index in [0.29, 0.717) is 12.0 Å². The van der Waals surface area contributed by atoms with E-state index in [1.807, 2.05) is 6.92 Å². The number of phenols is 1. The Kier molecular flexibility index (Phi) is 6.86. The summed E-state index contributed by atoms with van der Waals surface area (Å²) < 4.78 is 14.8. The molecule has 10 heteroatoms. The topological polar surface area (TPSA) is 119 Å². The number of aromatic nitrogens is 2. The predicted octanol–water partition coefficient (Wildman–Crippen LogP) is 2.93. The lowest BCUT2D eigenvalue weighted by atomic mass is 10.0. The summed E-state index contributed by atoms with van der Waals surface area (Å²) in [5.41, 5.74) is -0.646. The van der Waals surface area contributed by atoms with E-state index < -0.39 is 28.9 Å². The molecule has 0 unspecified atom stereocenters. The largest absolute Gasteiger partial charge is 0.505 e. The minimum absolute atomic E-state index is 0.0346. The Morgan fingerprint density at radius 3 is 2.52 bits per heavy atom. The number of nitrogens with one attached hydrogen (secondary N) is 3. The fourth-order valence-corrected chi connectivity index (χ4v) is 3.41. The smallest absolute Gasteiger partial charge is 0.290 e. The number of benzene rings is 2. The number of carbonyl (C=O) groups excluding carboxylic acids is 1. The van der Waals surface area contributed by atoms with Crippen LogP contribution in [0.1, 0.15) is 35.3 Å². The van der Waals surface area contributed by atoms with Gasteiger partial charge in [0.05, 0.1) is 17.3 Å². The van der Waals surface area contributed by atoms with Crippen LogP contribution in [0.25, 0.3) is 0 Å². The Bertz CT molecular complexity index is 1300. The third-order valence-electron chi connectivity index (χ3n) is 5.17. The molecule has 4 N–H and O–H groups in total. The Labute approximate surface area is 189 Å². The number of phenolic OH excluding ortho intramolecular Hbond substituents is 1. The third-order valence-corrected chi connectivity index (χ3v) is 5.17. The molecule has 0 radical (unpaired) electrons. The second-order valence-corrected chi connectivity index (χ2v) is 7.74. The van der Waals surface area contributed by atoms with Crippen LogP contribution in [0.2, 0.25) is 0 Å². The molecule has 1 aromatic heterocycles. The van der Waals surface area contributed by atoms with Gasteiger partial charge in [0.2, 0.25) is 0 Å². The number of para-hydroxylation sites is 1. The van der Waals surface area contributed by atoms with Crippen molar-refractivity contribution in [2.45, 2.75) is 19.4 Å². The number of nitrogens with zero attached hydrogens (tertiary/aromatic N) is 2. The highest BCUT2D eigenvalue weighted by atomic mass is 19.1. The first-order chi connectivity index (χ1) is 15.6. The standard InChI is InChI=1S/C23H26FN5O4/c1-5-16(13-8-6-9-14(24)12-13)25-18-19(23(33)29(4)27-21(18)31)26-17-11-7-10-15(20(17)30)22(32)28(2)3/h6-12,16,25-26,30H,5H2,1-4H3,(H,27,31)/t16-/m1/s1. The molecule has 0 aliphatic carbocycles. The molecule has 1 atom stereocenters. The van der Waals surface area contributed by atoms with E-state index in [1.165, 1.54) is 36.2 Å². The summed E-state index contributed by atoms with van der Waals surface area (Å²) >= 11 is 0. The Balaban J connectivity index is 2.09. The van der Waals surface area contributed by atoms with Crippen LogP contribution in [0.4, 0.5) is 21.5 Å². The molecule has 0 bridgehead atoms. The van der Waals surface area contributed by atoms with Gasteiger partial charge >= 0.3 is 0 Å². The van der Waals surface area contributed by atoms with Crippen molar-refractivity contribution in [3.63, 3.8) is 0 Å². The minimum atomic E-state index is -0.588. The number of aromatic amines is 1. The van der Waals surface area contributed by atoms with Gasteiger partial charge in [0.1, 0.15) is 17.2 Å². The maximum absolute atomic E-state index is 13.7. The van der Waals surface area contributed by atoms with Gasteiger partial charge in [0.25, 0.3) is 17.0 Å². The van der Waals surface area contributed by atoms with Crippen LogP contribution >= 0.6 is 0 Å². The van der Waals surface area contributed by atoms with Gasteiger partial charge in [-0.1, -0.05) is 25.1 Å². The molecule has 0 fully saturated rings. The lowest BCUT2D eigenvalue weighted by Crippen LogP contribution is -2.32. The highest BCUT2D eigenvalue weighted by Gasteiger charge is 2.21. The molecule has 3 rings (SSSR count). The van der Waals surface area contributed by atoms with Crippen LogP contribution in [0, 0.1) is 5.82 Å². The van der Waals surface area contributed by atoms with E-state index in [9.17, 15) is 23.9 Å². The SMILES string of the molecule is CC[C@@H](Nc1c(Nc2cccc(C(=O)N(C)C)c2O)c(=O)n(C)[nH]c1=O)c1cccc(F)c1. The third kappa shape index (κ3) is 4.89. The number of rotatable bonds is 7. The fourth-order valence-electron chi connectivity index (χ4n) is 3.41. The maximum atomic E-state index is 13.7. The first-order valence-corrected chi connectivity index (χ1v) is 10.3. The minimum Gasteiger partial charge on any atom is -0.505 e. The number of halogens is 1. The van der Waals surface area contributed by atoms with Crippen LogP contribution in [-0.2, 0) is 7.05 Å². The van der Waals surface area contributed by atoms with Crippen LogP contribution < -0.4 is 21.8 Å². The number of hydrogen-bond acceptors (Lipinski definition) is 6. The molecule has 0 aliphatic heterocycles. The van der Waals surface area contributed by atoms with Crippen LogP contribution in [0.3, 0.4) is 0 Å². The second-order valence-electron chi connectivity index (χ2n) is 7.74. The summed E-state index contributed by atoms with van der Waals surface area (Å²) in [5.74, 6) is -1.21. The number of anilines is 3. The van der Waals surface area contributed by atoms with Gasteiger partial charge in [0.15, 0.2) is 5.75 Å². The summed E-state index contributed by atoms with van der Waals surface area (Å²) in [6.45, 7) is 1.85. The molecule has 9 nitrogen and oxygen atoms in total. The Morgan fingerprint density at radius 2 is 1.88 bits per heavy atom. The van der Waals surface area contributed by atoms with Crippen molar-refractivity contribution in [3.05, 3.63) is 80.1 Å². The Morgan fingerprint density at radius 1 is 1.18 bits per heavy atom. The molecule has 1 heterocycles. The normalized spacial score (nSPS) is 11.7. The van der Waals surface area contributed by atoms with Gasteiger partial charge in [-0.15, -0.1) is 0 Å². The van der Waals surface area contributed by atoms with Gasteiger partial charge in [-0.2, -0.15) is 0 Å². The molecule has 1 amide bonds. The van der Waals surface area contributed by atoms with E-state index in [-0.39, 0.29) is 28.4 Å². The van der Waals surface area contributed by atoms with Gasteiger partial charge in [-0.25, -0.2) is 4.39 Å². The van der Waals surface area contributed by atoms with Crippen LogP contribution in [0.15, 0.2) is 52.1 Å². The Hall–Kier alpha value is -4.08. The average molecular weight is 455 g/mol. The number of amides is 1. The second kappa shape index (κ2) is 9.60. The van der Waals surface area contributed by atoms with Gasteiger partial charge in [0, 0.05) is 21.1 Å². The number of hydrogen-bond donors (Lipinski definition) is 4. The van der Waals surface area contributed by atoms with Crippen molar-refractivity contribution in [3.8, 4) is 5.75 Å². The molecule has 2 aromatic carbocycles. The lowest BCUT2D eigenvalue weighted by molar-refractivity contribution is 0.0824.